The van der Waals surface area contributed by atoms with E-state index in [9.17, 15) is 14.3 Å². The summed E-state index contributed by atoms with van der Waals surface area (Å²) in [5.41, 5.74) is 2.28. The lowest BCUT2D eigenvalue weighted by Gasteiger charge is -2.14. The van der Waals surface area contributed by atoms with Crippen molar-refractivity contribution in [3.05, 3.63) is 59.4 Å². The molecule has 1 aliphatic rings. The average molecular weight is 316 g/mol. The fraction of sp³-hybridized carbons (Fsp3) is 0.235. The maximum atomic E-state index is 12.8. The first-order valence-electron chi connectivity index (χ1n) is 7.36. The number of aliphatic hydroxyl groups excluding tert-OH is 1. The van der Waals surface area contributed by atoms with Crippen molar-refractivity contribution in [1.29, 1.82) is 0 Å². The number of fused-ring (bicyclic) bond motifs is 1. The fourth-order valence-corrected chi connectivity index (χ4v) is 2.43. The normalized spacial score (nSPS) is 13.8. The van der Waals surface area contributed by atoms with E-state index in [2.05, 4.69) is 10.6 Å². The topological polar surface area (TPSA) is 70.6 Å². The number of ether oxygens (including phenoxy) is 1. The Labute approximate surface area is 133 Å². The molecule has 0 bridgehead atoms. The summed E-state index contributed by atoms with van der Waals surface area (Å²) in [5.74, 6) is 0.481. The number of nitrogens with one attached hydrogen (secondary N) is 2. The zero-order valence-corrected chi connectivity index (χ0v) is 12.4. The van der Waals surface area contributed by atoms with E-state index in [1.807, 2.05) is 12.1 Å². The summed E-state index contributed by atoms with van der Waals surface area (Å²) in [4.78, 5) is 11.8. The van der Waals surface area contributed by atoms with Gasteiger partial charge in [-0.3, -0.25) is 0 Å². The lowest BCUT2D eigenvalue weighted by molar-refractivity contribution is 0.175. The van der Waals surface area contributed by atoms with Crippen LogP contribution in [0.4, 0.5) is 14.9 Å². The molecule has 0 aliphatic carbocycles. The lowest BCUT2D eigenvalue weighted by atomic mass is 10.0. The molecule has 2 aromatic carbocycles. The highest BCUT2D eigenvalue weighted by Gasteiger charge is 2.16. The molecule has 6 heteroatoms. The molecule has 3 rings (SSSR count). The first-order valence-corrected chi connectivity index (χ1v) is 7.36. The number of carbonyl (C=O) groups excluding carboxylic acids is 1. The quantitative estimate of drug-likeness (QED) is 0.812. The summed E-state index contributed by atoms with van der Waals surface area (Å²) in [6.07, 6.45) is 0.0221. The van der Waals surface area contributed by atoms with Gasteiger partial charge in [-0.15, -0.1) is 0 Å². The van der Waals surface area contributed by atoms with Gasteiger partial charge in [0.2, 0.25) is 0 Å². The van der Waals surface area contributed by atoms with Crippen molar-refractivity contribution in [3.8, 4) is 5.75 Å². The summed E-state index contributed by atoms with van der Waals surface area (Å²) >= 11 is 0. The van der Waals surface area contributed by atoms with Gasteiger partial charge in [-0.1, -0.05) is 6.07 Å². The molecule has 0 spiro atoms. The second-order valence-electron chi connectivity index (χ2n) is 5.32. The summed E-state index contributed by atoms with van der Waals surface area (Å²) < 4.78 is 18.2. The van der Waals surface area contributed by atoms with E-state index in [-0.39, 0.29) is 12.4 Å². The maximum absolute atomic E-state index is 12.8. The van der Waals surface area contributed by atoms with E-state index < -0.39 is 12.1 Å². The van der Waals surface area contributed by atoms with Crippen molar-refractivity contribution in [1.82, 2.24) is 5.32 Å². The molecule has 0 aromatic heterocycles. The number of anilines is 1. The number of hydrogen-bond acceptors (Lipinski definition) is 3. The smallest absolute Gasteiger partial charge is 0.319 e. The third kappa shape index (κ3) is 3.78. The molecule has 1 aliphatic heterocycles. The number of carbonyl (C=O) groups is 1. The van der Waals surface area contributed by atoms with Gasteiger partial charge in [0, 0.05) is 18.7 Å². The Kier molecular flexibility index (Phi) is 4.43. The van der Waals surface area contributed by atoms with E-state index in [1.54, 1.807) is 6.07 Å². The molecule has 0 saturated carbocycles. The van der Waals surface area contributed by atoms with Crippen molar-refractivity contribution < 1.29 is 19.0 Å². The molecule has 2 amide bonds. The molecule has 5 nitrogen and oxygen atoms in total. The summed E-state index contributed by atoms with van der Waals surface area (Å²) in [6.45, 7) is 0.736. The zero-order chi connectivity index (χ0) is 16.2. The molecule has 2 aromatic rings. The Balaban J connectivity index is 1.53. The Bertz CT molecular complexity index is 703. The highest BCUT2D eigenvalue weighted by atomic mass is 19.1. The van der Waals surface area contributed by atoms with Crippen LogP contribution in [0.15, 0.2) is 42.5 Å². The van der Waals surface area contributed by atoms with Crippen molar-refractivity contribution in [2.24, 2.45) is 0 Å². The molecule has 1 heterocycles. The molecule has 1 unspecified atom stereocenters. The van der Waals surface area contributed by atoms with Crippen LogP contribution in [0.25, 0.3) is 0 Å². The molecular formula is C17H17FN2O3. The second-order valence-corrected chi connectivity index (χ2v) is 5.32. The Hall–Kier alpha value is -2.60. The molecule has 0 fully saturated rings. The minimum atomic E-state index is -0.806. The Morgan fingerprint density at radius 2 is 2.04 bits per heavy atom. The number of amides is 2. The van der Waals surface area contributed by atoms with Crippen LogP contribution in [0.5, 0.6) is 5.75 Å². The van der Waals surface area contributed by atoms with Crippen molar-refractivity contribution in [2.75, 3.05) is 18.5 Å². The van der Waals surface area contributed by atoms with E-state index in [0.29, 0.717) is 12.3 Å². The molecule has 23 heavy (non-hydrogen) atoms. The van der Waals surface area contributed by atoms with Crippen LogP contribution in [0, 0.1) is 5.82 Å². The number of hydrogen-bond donors (Lipinski definition) is 3. The van der Waals surface area contributed by atoms with Crippen molar-refractivity contribution >= 4 is 11.7 Å². The van der Waals surface area contributed by atoms with Crippen LogP contribution < -0.4 is 15.4 Å². The maximum Gasteiger partial charge on any atom is 0.319 e. The zero-order valence-electron chi connectivity index (χ0n) is 12.4. The average Bonchev–Trinajstić information content (AvgIpc) is 3.02. The predicted molar refractivity (Wildman–Crippen MR) is 84.0 cm³/mol. The van der Waals surface area contributed by atoms with Gasteiger partial charge >= 0.3 is 6.03 Å². The lowest BCUT2D eigenvalue weighted by Crippen LogP contribution is -2.32. The number of benzene rings is 2. The van der Waals surface area contributed by atoms with Gasteiger partial charge in [0.25, 0.3) is 0 Å². The van der Waals surface area contributed by atoms with Crippen LogP contribution in [-0.2, 0) is 6.42 Å². The van der Waals surface area contributed by atoms with E-state index in [4.69, 9.17) is 4.74 Å². The van der Waals surface area contributed by atoms with Gasteiger partial charge in [0.05, 0.1) is 12.7 Å². The number of halogens is 1. The van der Waals surface area contributed by atoms with Crippen molar-refractivity contribution in [3.63, 3.8) is 0 Å². The molecule has 0 saturated heterocycles. The molecule has 0 radical (unpaired) electrons. The van der Waals surface area contributed by atoms with Gasteiger partial charge in [-0.2, -0.15) is 0 Å². The van der Waals surface area contributed by atoms with Crippen LogP contribution >= 0.6 is 0 Å². The number of rotatable bonds is 4. The highest BCUT2D eigenvalue weighted by Crippen LogP contribution is 2.28. The monoisotopic (exact) mass is 316 g/mol. The van der Waals surface area contributed by atoms with Gasteiger partial charge in [-0.05, 0) is 47.5 Å². The van der Waals surface area contributed by atoms with Crippen LogP contribution in [-0.4, -0.2) is 24.3 Å². The Morgan fingerprint density at radius 1 is 1.26 bits per heavy atom. The van der Waals surface area contributed by atoms with Gasteiger partial charge in [0.15, 0.2) is 0 Å². The SMILES string of the molecule is O=C(NCC(O)c1ccc2c(c1)CCO2)Nc1ccc(F)cc1. The summed E-state index contributed by atoms with van der Waals surface area (Å²) in [6, 6.07) is 10.5. The number of urea groups is 1. The predicted octanol–water partition coefficient (Wildman–Crippen LogP) is 2.62. The molecular weight excluding hydrogens is 299 g/mol. The largest absolute Gasteiger partial charge is 0.493 e. The highest BCUT2D eigenvalue weighted by molar-refractivity contribution is 5.89. The number of aliphatic hydroxyl groups is 1. The summed E-state index contributed by atoms with van der Waals surface area (Å²) in [7, 11) is 0. The standard InChI is InChI=1S/C17H17FN2O3/c18-13-2-4-14(5-3-13)20-17(22)19-10-15(21)11-1-6-16-12(9-11)7-8-23-16/h1-6,9,15,21H,7-8,10H2,(H2,19,20,22). The van der Waals surface area contributed by atoms with Crippen LogP contribution in [0.2, 0.25) is 0 Å². The van der Waals surface area contributed by atoms with Crippen molar-refractivity contribution in [2.45, 2.75) is 12.5 Å². The Morgan fingerprint density at radius 3 is 2.83 bits per heavy atom. The van der Waals surface area contributed by atoms with E-state index in [1.165, 1.54) is 24.3 Å². The third-order valence-electron chi connectivity index (χ3n) is 3.66. The first kappa shape index (κ1) is 15.3. The molecule has 120 valence electrons. The minimum Gasteiger partial charge on any atom is -0.493 e. The molecule has 1 atom stereocenters. The van der Waals surface area contributed by atoms with Crippen LogP contribution in [0.1, 0.15) is 17.2 Å². The molecule has 3 N–H and O–H groups in total. The summed E-state index contributed by atoms with van der Waals surface area (Å²) in [5, 5.41) is 15.3. The van der Waals surface area contributed by atoms with Gasteiger partial charge < -0.3 is 20.5 Å². The van der Waals surface area contributed by atoms with Crippen LogP contribution in [0.3, 0.4) is 0 Å². The third-order valence-corrected chi connectivity index (χ3v) is 3.66. The van der Waals surface area contributed by atoms with E-state index in [0.717, 1.165) is 23.3 Å². The van der Waals surface area contributed by atoms with Gasteiger partial charge in [-0.25, -0.2) is 9.18 Å². The van der Waals surface area contributed by atoms with Gasteiger partial charge in [0.1, 0.15) is 11.6 Å². The van der Waals surface area contributed by atoms with E-state index >= 15 is 0 Å². The second kappa shape index (κ2) is 6.66. The fourth-order valence-electron chi connectivity index (χ4n) is 2.43. The first-order chi connectivity index (χ1) is 11.1. The minimum absolute atomic E-state index is 0.0761.